The molecule has 708 valence electrons. The molecule has 26 nitrogen and oxygen atoms in total. The van der Waals surface area contributed by atoms with Crippen molar-refractivity contribution in [3.8, 4) is 35.3 Å². The number of aromatic nitrogens is 8. The van der Waals surface area contributed by atoms with E-state index in [9.17, 15) is 41.9 Å². The molecule has 1 aliphatic rings. The van der Waals surface area contributed by atoms with Crippen LogP contribution in [0.1, 0.15) is 126 Å². The predicted octanol–water partition coefficient (Wildman–Crippen LogP) is 22.3. The lowest BCUT2D eigenvalue weighted by Crippen LogP contribution is -2.39. The van der Waals surface area contributed by atoms with Gasteiger partial charge in [0.2, 0.25) is 35.3 Å². The van der Waals surface area contributed by atoms with E-state index in [0.29, 0.717) is 124 Å². The van der Waals surface area contributed by atoms with Crippen LogP contribution in [-0.4, -0.2) is 81.4 Å². The molecule has 0 atom stereocenters. The summed E-state index contributed by atoms with van der Waals surface area (Å²) in [6.45, 7) is 5.96. The Morgan fingerprint density at radius 1 is 0.277 bits per heavy atom. The van der Waals surface area contributed by atoms with Crippen molar-refractivity contribution in [2.45, 2.75) is 78.8 Å². The number of carbonyl (C=O) groups excluding carboxylic acids is 6. The maximum absolute atomic E-state index is 13.5. The number of pyridine rings is 8. The molecule has 1 aliphatic carbocycles. The van der Waals surface area contributed by atoms with Gasteiger partial charge in [-0.1, -0.05) is 212 Å². The average molecular weight is 1890 g/mol. The number of anilines is 5. The first-order valence-corrected chi connectivity index (χ1v) is 44.6. The van der Waals surface area contributed by atoms with Crippen molar-refractivity contribution in [2.75, 3.05) is 26.6 Å². The molecule has 18 rings (SSSR count). The van der Waals surface area contributed by atoms with E-state index in [1.165, 1.54) is 67.7 Å². The van der Waals surface area contributed by atoms with Crippen molar-refractivity contribution in [2.24, 2.45) is 0 Å². The summed E-state index contributed by atoms with van der Waals surface area (Å²) >= 11 is 0. The Labute approximate surface area is 812 Å². The van der Waals surface area contributed by atoms with Crippen molar-refractivity contribution in [3.05, 3.63) is 497 Å². The molecule has 0 unspecified atom stereocenters. The van der Waals surface area contributed by atoms with Crippen molar-refractivity contribution >= 4 is 64.1 Å². The van der Waals surface area contributed by atoms with Crippen LogP contribution in [0.3, 0.4) is 0 Å². The molecule has 9 aromatic carbocycles. The van der Waals surface area contributed by atoms with Crippen LogP contribution in [0.2, 0.25) is 0 Å². The third-order valence-corrected chi connectivity index (χ3v) is 20.5. The lowest BCUT2D eigenvalue weighted by atomic mass is 9.93. The molecule has 8 aromatic heterocycles. The normalized spacial score (nSPS) is 10.8. The molecule has 29 heteroatoms. The second-order valence-corrected chi connectivity index (χ2v) is 31.2. The van der Waals surface area contributed by atoms with Crippen molar-refractivity contribution in [1.29, 1.82) is 0 Å². The Morgan fingerprint density at radius 2 is 0.617 bits per heavy atom. The molecule has 8 heterocycles. The number of rotatable bonds is 30. The van der Waals surface area contributed by atoms with Gasteiger partial charge in [-0.25, -0.2) is 53.0 Å². The number of nitrogens with one attached hydrogen (secondary N) is 6. The number of nitrogens with zero attached hydrogens (tertiary/aromatic N) is 8. The van der Waals surface area contributed by atoms with Gasteiger partial charge in [0.15, 0.2) is 0 Å². The van der Waals surface area contributed by atoms with E-state index >= 15 is 0 Å². The Balaban J connectivity index is 0.000000142. The fourth-order valence-corrected chi connectivity index (χ4v) is 12.6. The number of para-hydroxylation sites is 2. The zero-order chi connectivity index (χ0) is 98.4. The number of benzene rings is 9. The van der Waals surface area contributed by atoms with Crippen LogP contribution in [0.4, 0.5) is 41.9 Å². The van der Waals surface area contributed by atoms with E-state index in [1.54, 1.807) is 158 Å². The Kier molecular flexibility index (Phi) is 38.0. The van der Waals surface area contributed by atoms with E-state index in [4.69, 9.17) is 28.4 Å². The van der Waals surface area contributed by atoms with Gasteiger partial charge in [-0.3, -0.25) is 28.8 Å². The van der Waals surface area contributed by atoms with Gasteiger partial charge in [-0.15, -0.1) is 0 Å². The lowest BCUT2D eigenvalue weighted by Gasteiger charge is -2.26. The van der Waals surface area contributed by atoms with Crippen LogP contribution >= 0.6 is 0 Å². The highest BCUT2D eigenvalue weighted by molar-refractivity contribution is 6.06. The number of amides is 6. The summed E-state index contributed by atoms with van der Waals surface area (Å²) in [4.78, 5) is 106. The second kappa shape index (κ2) is 53.6. The second-order valence-electron chi connectivity index (χ2n) is 31.2. The summed E-state index contributed by atoms with van der Waals surface area (Å²) in [6.07, 6.45) is 15.4. The molecular weight excluding hydrogens is 1790 g/mol. The van der Waals surface area contributed by atoms with Crippen molar-refractivity contribution in [1.82, 2.24) is 45.2 Å². The number of hydrogen-bond donors (Lipinski definition) is 6. The van der Waals surface area contributed by atoms with Gasteiger partial charge >= 0.3 is 0 Å². The minimum Gasteiger partial charge on any atom is -0.473 e. The zero-order valence-electron chi connectivity index (χ0n) is 76.7. The molecule has 1 fully saturated rings. The molecule has 1 saturated carbocycles. The Hall–Kier alpha value is -18.4. The van der Waals surface area contributed by atoms with Gasteiger partial charge in [0.1, 0.15) is 68.7 Å². The molecule has 0 saturated heterocycles. The first kappa shape index (κ1) is 100. The number of halogens is 3. The van der Waals surface area contributed by atoms with Gasteiger partial charge in [0.05, 0.1) is 39.1 Å². The number of carbonyl (C=O) groups is 6. The smallest absolute Gasteiger partial charge is 0.258 e. The maximum atomic E-state index is 13.5. The Bertz CT molecular complexity index is 6780. The third kappa shape index (κ3) is 34.2. The topological polar surface area (TPSA) is 333 Å². The standard InChI is InChI=1S/C20H18N2O2.C19H16FN3O2.C19H15FN2O2.C19H16N2O2.C18H14FN3O2.C17H18N2O2/c1-15-7-10-18(11-8-15)22-20(23)17-9-12-19(21-13-17)24-14-16-5-3-2-4-6-16;1-13-5-7-17(21-10-13)23-19(24)15-6-8-18(22-11-15)25-12-14-3-2-4-16(20)9-14;20-16-8-4-5-9-17(16)22-19(23)15-10-11-18(21-12-15)24-13-14-6-2-1-3-7-14;22-19(21-17-9-5-2-6-10-17)16-11-12-18(20-13-16)23-14-15-7-3-1-4-8-15;19-15-6-2-1-5-14(15)12-24-17-9-8-13(11-21-17)18(23)22-16-7-3-4-10-20-16;20-17(19-15-7-4-8-15)14-9-10-16(18-11-14)21-12-13-5-2-1-3-6-13/h2-13H,14H2,1H3,(H,22,23);2-11H,12H2,1H3,(H,21,23,24);1-12H,13H2,(H,22,23);1-13H,14H2,(H,21,22);1-11H,12H2,(H,20,22,23);1-3,5-6,9-11,15H,4,7-8,12H2,(H,19,20). The van der Waals surface area contributed by atoms with E-state index < -0.39 is 11.7 Å². The predicted molar refractivity (Wildman–Crippen MR) is 532 cm³/mol. The molecular formula is C112H97F3N14O12. The van der Waals surface area contributed by atoms with Gasteiger partial charge in [0.25, 0.3) is 35.4 Å². The van der Waals surface area contributed by atoms with E-state index in [1.807, 2.05) is 196 Å². The van der Waals surface area contributed by atoms with Crippen molar-refractivity contribution in [3.63, 3.8) is 0 Å². The summed E-state index contributed by atoms with van der Waals surface area (Å²) in [7, 11) is 0. The summed E-state index contributed by atoms with van der Waals surface area (Å²) in [5.74, 6) is 0.907. The summed E-state index contributed by atoms with van der Waals surface area (Å²) < 4.78 is 73.5. The van der Waals surface area contributed by atoms with Gasteiger partial charge in [0, 0.05) is 109 Å². The molecule has 0 radical (unpaired) electrons. The van der Waals surface area contributed by atoms with Gasteiger partial charge in [-0.2, -0.15) is 0 Å². The first-order valence-electron chi connectivity index (χ1n) is 44.6. The minimum atomic E-state index is -0.485. The largest absolute Gasteiger partial charge is 0.473 e. The maximum Gasteiger partial charge on any atom is 0.258 e. The summed E-state index contributed by atoms with van der Waals surface area (Å²) in [5.41, 5.74) is 11.8. The molecule has 141 heavy (non-hydrogen) atoms. The van der Waals surface area contributed by atoms with Gasteiger partial charge in [-0.05, 0) is 176 Å². The molecule has 0 spiro atoms. The average Bonchev–Trinajstić information content (AvgIpc) is 0.855. The highest BCUT2D eigenvalue weighted by atomic mass is 19.1. The van der Waals surface area contributed by atoms with Crippen LogP contribution in [0.25, 0.3) is 0 Å². The zero-order valence-corrected chi connectivity index (χ0v) is 76.7. The summed E-state index contributed by atoms with van der Waals surface area (Å²) in [6, 6.07) is 104. The summed E-state index contributed by atoms with van der Waals surface area (Å²) in [5, 5.41) is 16.5. The van der Waals surface area contributed by atoms with E-state index in [2.05, 4.69) is 71.8 Å². The molecule has 6 N–H and O–H groups in total. The van der Waals surface area contributed by atoms with Crippen LogP contribution in [0, 0.1) is 31.3 Å². The first-order chi connectivity index (χ1) is 68.9. The number of hydrogen-bond acceptors (Lipinski definition) is 20. The van der Waals surface area contributed by atoms with Crippen molar-refractivity contribution < 1.29 is 70.4 Å². The number of aryl methyl sites for hydroxylation is 2. The highest BCUT2D eigenvalue weighted by Crippen LogP contribution is 2.24. The third-order valence-electron chi connectivity index (χ3n) is 20.5. The van der Waals surface area contributed by atoms with Crippen LogP contribution in [0.15, 0.2) is 401 Å². The fourth-order valence-electron chi connectivity index (χ4n) is 12.6. The Morgan fingerprint density at radius 3 is 0.986 bits per heavy atom. The SMILES string of the molecule is Cc1ccc(NC(=O)c2ccc(OCc3cccc(F)c3)nc2)nc1.Cc1ccc(NC(=O)c2ccc(OCc3ccccc3)nc2)cc1.O=C(NC1CCC1)c1ccc(OCc2ccccc2)nc1.O=C(Nc1ccccc1)c1ccc(OCc2ccccc2)nc1.O=C(Nc1ccccc1F)c1ccc(OCc2ccccc2)nc1.O=C(Nc1ccccn1)c1ccc(OCc2ccccc2F)nc1. The minimum absolute atomic E-state index is 0.0539. The quantitative estimate of drug-likeness (QED) is 0.0244. The van der Waals surface area contributed by atoms with Crippen LogP contribution in [0.5, 0.6) is 35.3 Å². The van der Waals surface area contributed by atoms with E-state index in [-0.39, 0.29) is 60.1 Å². The van der Waals surface area contributed by atoms with Crippen LogP contribution in [-0.2, 0) is 39.6 Å². The van der Waals surface area contributed by atoms with E-state index in [0.717, 1.165) is 57.6 Å². The molecule has 6 amide bonds. The molecule has 17 aromatic rings. The fraction of sp³-hybridized carbons (Fsp3) is 0.107. The molecule has 0 aliphatic heterocycles. The number of ether oxygens (including phenoxy) is 6. The van der Waals surface area contributed by atoms with Crippen LogP contribution < -0.4 is 60.3 Å². The van der Waals surface area contributed by atoms with Gasteiger partial charge < -0.3 is 60.3 Å². The monoisotopic (exact) mass is 1890 g/mol. The highest BCUT2D eigenvalue weighted by Gasteiger charge is 2.21. The molecule has 0 bridgehead atoms. The lowest BCUT2D eigenvalue weighted by molar-refractivity contribution is 0.0914.